The van der Waals surface area contributed by atoms with Crippen molar-refractivity contribution in [3.05, 3.63) is 52.5 Å². The van der Waals surface area contributed by atoms with Crippen LogP contribution in [0.3, 0.4) is 0 Å². The number of nitrogens with zero attached hydrogens (tertiary/aromatic N) is 1. The quantitative estimate of drug-likeness (QED) is 0.744. The molecule has 0 aliphatic heterocycles. The number of aromatic nitrogens is 1. The van der Waals surface area contributed by atoms with E-state index < -0.39 is 0 Å². The van der Waals surface area contributed by atoms with Gasteiger partial charge in [0.2, 0.25) is 0 Å². The molecule has 0 aliphatic carbocycles. The van der Waals surface area contributed by atoms with Gasteiger partial charge in [0, 0.05) is 12.4 Å². The number of rotatable bonds is 3. The average Bonchev–Trinajstić information content (AvgIpc) is 2.72. The van der Waals surface area contributed by atoms with Crippen molar-refractivity contribution in [1.82, 2.24) is 4.98 Å². The van der Waals surface area contributed by atoms with Crippen molar-refractivity contribution in [3.8, 4) is 0 Å². The van der Waals surface area contributed by atoms with E-state index in [1.54, 1.807) is 11.3 Å². The van der Waals surface area contributed by atoms with Gasteiger partial charge >= 0.3 is 0 Å². The number of thiophene rings is 1. The van der Waals surface area contributed by atoms with Crippen molar-refractivity contribution >= 4 is 11.3 Å². The standard InChI is InChI=1S/C12H13NS/c1-10(12-4-7-14-9-12)8-11-2-5-13-6-3-11/h2-7,9-10H,8H2,1H3. The predicted octanol–water partition coefficient (Wildman–Crippen LogP) is 3.49. The van der Waals surface area contributed by atoms with Crippen LogP contribution in [0, 0.1) is 0 Å². The second-order valence-electron chi connectivity index (χ2n) is 3.52. The molecule has 0 saturated heterocycles. The van der Waals surface area contributed by atoms with Gasteiger partial charge in [-0.05, 0) is 52.4 Å². The van der Waals surface area contributed by atoms with Gasteiger partial charge in [-0.15, -0.1) is 0 Å². The van der Waals surface area contributed by atoms with Crippen molar-refractivity contribution < 1.29 is 0 Å². The number of pyridine rings is 1. The molecule has 1 unspecified atom stereocenters. The molecule has 2 heteroatoms. The molecular formula is C12H13NS. The van der Waals surface area contributed by atoms with Crippen LogP contribution in [0.1, 0.15) is 24.0 Å². The molecule has 2 aromatic heterocycles. The molecule has 0 fully saturated rings. The summed E-state index contributed by atoms with van der Waals surface area (Å²) in [5.41, 5.74) is 2.80. The largest absolute Gasteiger partial charge is 0.265 e. The normalized spacial score (nSPS) is 12.6. The van der Waals surface area contributed by atoms with Gasteiger partial charge in [0.05, 0.1) is 0 Å². The maximum atomic E-state index is 4.02. The summed E-state index contributed by atoms with van der Waals surface area (Å²) < 4.78 is 0. The molecule has 0 spiro atoms. The van der Waals surface area contributed by atoms with Crippen LogP contribution in [-0.4, -0.2) is 4.98 Å². The summed E-state index contributed by atoms with van der Waals surface area (Å²) in [6.45, 7) is 2.27. The third-order valence-corrected chi connectivity index (χ3v) is 3.10. The second-order valence-corrected chi connectivity index (χ2v) is 4.30. The van der Waals surface area contributed by atoms with Crippen LogP contribution in [0.25, 0.3) is 0 Å². The Balaban J connectivity index is 2.06. The monoisotopic (exact) mass is 203 g/mol. The van der Waals surface area contributed by atoms with Crippen LogP contribution in [0.15, 0.2) is 41.4 Å². The first-order chi connectivity index (χ1) is 6.86. The molecule has 2 rings (SSSR count). The molecule has 14 heavy (non-hydrogen) atoms. The van der Waals surface area contributed by atoms with E-state index in [4.69, 9.17) is 0 Å². The van der Waals surface area contributed by atoms with Crippen molar-refractivity contribution in [1.29, 1.82) is 0 Å². The Bertz CT molecular complexity index is 366. The second kappa shape index (κ2) is 4.38. The van der Waals surface area contributed by atoms with Gasteiger partial charge in [-0.2, -0.15) is 11.3 Å². The summed E-state index contributed by atoms with van der Waals surface area (Å²) in [7, 11) is 0. The Hall–Kier alpha value is -1.15. The minimum absolute atomic E-state index is 0.601. The third-order valence-electron chi connectivity index (χ3n) is 2.40. The Labute approximate surface area is 88.4 Å². The van der Waals surface area contributed by atoms with Gasteiger partial charge in [-0.1, -0.05) is 6.92 Å². The zero-order chi connectivity index (χ0) is 9.80. The molecule has 0 aromatic carbocycles. The highest BCUT2D eigenvalue weighted by molar-refractivity contribution is 7.07. The van der Waals surface area contributed by atoms with Gasteiger partial charge in [0.1, 0.15) is 0 Å². The van der Waals surface area contributed by atoms with Crippen LogP contribution in [0.4, 0.5) is 0 Å². The van der Waals surface area contributed by atoms with E-state index in [2.05, 4.69) is 40.9 Å². The summed E-state index contributed by atoms with van der Waals surface area (Å²) in [5, 5.41) is 4.37. The molecule has 1 atom stereocenters. The van der Waals surface area contributed by atoms with Gasteiger partial charge < -0.3 is 0 Å². The maximum Gasteiger partial charge on any atom is 0.0270 e. The van der Waals surface area contributed by atoms with Crippen LogP contribution in [0.2, 0.25) is 0 Å². The van der Waals surface area contributed by atoms with Gasteiger partial charge in [0.25, 0.3) is 0 Å². The lowest BCUT2D eigenvalue weighted by Crippen LogP contribution is -1.96. The average molecular weight is 203 g/mol. The predicted molar refractivity (Wildman–Crippen MR) is 60.7 cm³/mol. The van der Waals surface area contributed by atoms with Gasteiger partial charge in [-0.25, -0.2) is 0 Å². The molecule has 0 saturated carbocycles. The fourth-order valence-electron chi connectivity index (χ4n) is 1.55. The molecule has 0 radical (unpaired) electrons. The van der Waals surface area contributed by atoms with Crippen LogP contribution in [0.5, 0.6) is 0 Å². The highest BCUT2D eigenvalue weighted by Gasteiger charge is 2.06. The molecule has 0 bridgehead atoms. The number of hydrogen-bond acceptors (Lipinski definition) is 2. The van der Waals surface area contributed by atoms with Crippen LogP contribution in [-0.2, 0) is 6.42 Å². The number of hydrogen-bond donors (Lipinski definition) is 0. The highest BCUT2D eigenvalue weighted by Crippen LogP contribution is 2.21. The fraction of sp³-hybridized carbons (Fsp3) is 0.250. The first kappa shape index (κ1) is 9.41. The Morgan fingerprint density at radius 2 is 2.07 bits per heavy atom. The SMILES string of the molecule is CC(Cc1ccncc1)c1ccsc1. The lowest BCUT2D eigenvalue weighted by atomic mass is 9.97. The molecule has 0 amide bonds. The molecular weight excluding hydrogens is 190 g/mol. The molecule has 72 valence electrons. The minimum atomic E-state index is 0.601. The first-order valence-corrected chi connectivity index (χ1v) is 5.71. The lowest BCUT2D eigenvalue weighted by Gasteiger charge is -2.08. The first-order valence-electron chi connectivity index (χ1n) is 4.77. The zero-order valence-corrected chi connectivity index (χ0v) is 9.00. The topological polar surface area (TPSA) is 12.9 Å². The van der Waals surface area contributed by atoms with Gasteiger partial charge in [-0.3, -0.25) is 4.98 Å². The van der Waals surface area contributed by atoms with Crippen molar-refractivity contribution in [2.24, 2.45) is 0 Å². The Morgan fingerprint density at radius 1 is 1.29 bits per heavy atom. The van der Waals surface area contributed by atoms with E-state index in [1.807, 2.05) is 12.4 Å². The lowest BCUT2D eigenvalue weighted by molar-refractivity contribution is 0.761. The minimum Gasteiger partial charge on any atom is -0.265 e. The van der Waals surface area contributed by atoms with Crippen molar-refractivity contribution in [2.45, 2.75) is 19.3 Å². The van der Waals surface area contributed by atoms with Crippen LogP contribution < -0.4 is 0 Å². The summed E-state index contributed by atoms with van der Waals surface area (Å²) in [6.07, 6.45) is 4.81. The molecule has 2 heterocycles. The summed E-state index contributed by atoms with van der Waals surface area (Å²) in [4.78, 5) is 4.02. The fourth-order valence-corrected chi connectivity index (χ4v) is 2.33. The highest BCUT2D eigenvalue weighted by atomic mass is 32.1. The van der Waals surface area contributed by atoms with Crippen molar-refractivity contribution in [2.75, 3.05) is 0 Å². The van der Waals surface area contributed by atoms with E-state index in [-0.39, 0.29) is 0 Å². The van der Waals surface area contributed by atoms with Gasteiger partial charge in [0.15, 0.2) is 0 Å². The van der Waals surface area contributed by atoms with E-state index in [9.17, 15) is 0 Å². The smallest absolute Gasteiger partial charge is 0.0270 e. The zero-order valence-electron chi connectivity index (χ0n) is 8.18. The maximum absolute atomic E-state index is 4.02. The summed E-state index contributed by atoms with van der Waals surface area (Å²) in [6, 6.07) is 6.38. The van der Waals surface area contributed by atoms with E-state index >= 15 is 0 Å². The Morgan fingerprint density at radius 3 is 2.71 bits per heavy atom. The molecule has 0 aliphatic rings. The van der Waals surface area contributed by atoms with Crippen molar-refractivity contribution in [3.63, 3.8) is 0 Å². The van der Waals surface area contributed by atoms with E-state index in [0.29, 0.717) is 5.92 Å². The molecule has 2 aromatic rings. The molecule has 0 N–H and O–H groups in total. The summed E-state index contributed by atoms with van der Waals surface area (Å²) >= 11 is 1.77. The van der Waals surface area contributed by atoms with Crippen LogP contribution >= 0.6 is 11.3 Å². The molecule has 1 nitrogen and oxygen atoms in total. The third kappa shape index (κ3) is 2.20. The van der Waals surface area contributed by atoms with E-state index in [0.717, 1.165) is 6.42 Å². The Kier molecular flexibility index (Phi) is 2.94. The summed E-state index contributed by atoms with van der Waals surface area (Å²) in [5.74, 6) is 0.601. The van der Waals surface area contributed by atoms with E-state index in [1.165, 1.54) is 11.1 Å².